The van der Waals surface area contributed by atoms with E-state index in [0.29, 0.717) is 32.7 Å². The number of benzene rings is 2. The molecule has 0 aliphatic rings. The Kier molecular flexibility index (Phi) is 5.79. The predicted molar refractivity (Wildman–Crippen MR) is 113 cm³/mol. The van der Waals surface area contributed by atoms with Crippen LogP contribution >= 0.6 is 35.2 Å². The van der Waals surface area contributed by atoms with Crippen LogP contribution in [-0.4, -0.2) is 30.2 Å². The lowest BCUT2D eigenvalue weighted by molar-refractivity contribution is 0.0977. The van der Waals surface area contributed by atoms with Crippen LogP contribution in [0.15, 0.2) is 30.3 Å². The molecule has 1 aromatic heterocycles. The quantitative estimate of drug-likeness (QED) is 0.608. The van der Waals surface area contributed by atoms with E-state index >= 15 is 0 Å². The molecule has 0 saturated heterocycles. The van der Waals surface area contributed by atoms with Crippen LogP contribution in [-0.2, 0) is 0 Å². The minimum Gasteiger partial charge on any atom is -0.497 e. The first-order chi connectivity index (χ1) is 12.9. The van der Waals surface area contributed by atoms with Gasteiger partial charge in [0.25, 0.3) is 5.91 Å². The van der Waals surface area contributed by atoms with Crippen molar-refractivity contribution in [3.63, 3.8) is 0 Å². The topological polar surface area (TPSA) is 72.5 Å². The molecule has 3 aromatic rings. The molecule has 140 valence electrons. The fourth-order valence-electron chi connectivity index (χ4n) is 2.34. The second-order valence-corrected chi connectivity index (χ2v) is 7.41. The number of hydrogen-bond acceptors (Lipinski definition) is 6. The number of amides is 1. The lowest BCUT2D eigenvalue weighted by Gasteiger charge is -2.08. The number of hydrogen-bond donors (Lipinski definition) is 2. The Labute approximate surface area is 170 Å². The number of nitrogens with one attached hydrogen (secondary N) is 2. The van der Waals surface area contributed by atoms with Crippen molar-refractivity contribution in [2.45, 2.75) is 6.92 Å². The van der Waals surface area contributed by atoms with Crippen LogP contribution in [0.2, 0.25) is 5.02 Å². The molecule has 2 aromatic carbocycles. The summed E-state index contributed by atoms with van der Waals surface area (Å²) in [4.78, 5) is 16.8. The van der Waals surface area contributed by atoms with Gasteiger partial charge in [0.05, 0.1) is 18.9 Å². The molecular weight excluding hydrogens is 406 g/mol. The number of thiazole rings is 1. The van der Waals surface area contributed by atoms with Gasteiger partial charge in [0.1, 0.15) is 17.0 Å². The lowest BCUT2D eigenvalue weighted by atomic mass is 10.1. The predicted octanol–water partition coefficient (Wildman–Crippen LogP) is 4.40. The van der Waals surface area contributed by atoms with Crippen LogP contribution in [0, 0.1) is 6.92 Å². The number of anilines is 1. The third-order valence-electron chi connectivity index (χ3n) is 3.77. The second-order valence-electron chi connectivity index (χ2n) is 5.57. The summed E-state index contributed by atoms with van der Waals surface area (Å²) in [5.74, 6) is 0.911. The van der Waals surface area contributed by atoms with E-state index in [1.54, 1.807) is 38.5 Å². The van der Waals surface area contributed by atoms with Gasteiger partial charge in [-0.2, -0.15) is 0 Å². The molecular formula is C18H16ClN3O3S2. The molecule has 0 spiro atoms. The minimum absolute atomic E-state index is 0.140. The van der Waals surface area contributed by atoms with E-state index in [1.165, 1.54) is 11.3 Å². The molecule has 0 unspecified atom stereocenters. The van der Waals surface area contributed by atoms with E-state index in [2.05, 4.69) is 15.6 Å². The summed E-state index contributed by atoms with van der Waals surface area (Å²) < 4.78 is 11.5. The van der Waals surface area contributed by atoms with Gasteiger partial charge in [-0.05, 0) is 42.9 Å². The molecule has 3 rings (SSSR count). The number of thiocarbonyl (C=S) groups is 1. The summed E-state index contributed by atoms with van der Waals surface area (Å²) in [7, 11) is 3.15. The van der Waals surface area contributed by atoms with E-state index in [0.717, 1.165) is 10.3 Å². The number of aryl methyl sites for hydroxylation is 1. The standard InChI is InChI=1S/C18H16ClN3O3S2/c1-9-4-5-10(6-12(9)19)16(23)21-17(26)22-18-20-15-13(25-3)7-11(24-2)8-14(15)27-18/h4-8H,1-3H3,(H2,20,21,22,23,26). The highest BCUT2D eigenvalue weighted by Crippen LogP contribution is 2.36. The Balaban J connectivity index is 1.75. The van der Waals surface area contributed by atoms with Crippen LogP contribution in [0.3, 0.4) is 0 Å². The Morgan fingerprint density at radius 1 is 1.22 bits per heavy atom. The summed E-state index contributed by atoms with van der Waals surface area (Å²) >= 11 is 12.7. The van der Waals surface area contributed by atoms with Gasteiger partial charge < -0.3 is 14.8 Å². The van der Waals surface area contributed by atoms with Crippen LogP contribution in [0.4, 0.5) is 5.13 Å². The van der Waals surface area contributed by atoms with Gasteiger partial charge in [-0.3, -0.25) is 10.1 Å². The molecule has 0 fully saturated rings. The average Bonchev–Trinajstić information content (AvgIpc) is 3.04. The molecule has 0 aliphatic heterocycles. The van der Waals surface area contributed by atoms with Gasteiger partial charge in [-0.15, -0.1) is 0 Å². The van der Waals surface area contributed by atoms with Gasteiger partial charge in [0, 0.05) is 16.7 Å². The zero-order valence-electron chi connectivity index (χ0n) is 14.8. The molecule has 0 radical (unpaired) electrons. The smallest absolute Gasteiger partial charge is 0.257 e. The molecule has 0 atom stereocenters. The third kappa shape index (κ3) is 4.29. The number of ether oxygens (including phenoxy) is 2. The summed E-state index contributed by atoms with van der Waals surface area (Å²) in [6.45, 7) is 1.87. The number of rotatable bonds is 4. The van der Waals surface area contributed by atoms with E-state index < -0.39 is 0 Å². The molecule has 9 heteroatoms. The number of carbonyl (C=O) groups is 1. The lowest BCUT2D eigenvalue weighted by Crippen LogP contribution is -2.34. The molecule has 1 heterocycles. The van der Waals surface area contributed by atoms with E-state index in [9.17, 15) is 4.79 Å². The second kappa shape index (κ2) is 8.08. The van der Waals surface area contributed by atoms with Crippen LogP contribution < -0.4 is 20.1 Å². The highest BCUT2D eigenvalue weighted by Gasteiger charge is 2.14. The number of carbonyl (C=O) groups excluding carboxylic acids is 1. The number of fused-ring (bicyclic) bond motifs is 1. The van der Waals surface area contributed by atoms with Gasteiger partial charge in [0.2, 0.25) is 0 Å². The maximum Gasteiger partial charge on any atom is 0.257 e. The van der Waals surface area contributed by atoms with Crippen molar-refractivity contribution in [1.29, 1.82) is 0 Å². The fraction of sp³-hybridized carbons (Fsp3) is 0.167. The molecule has 0 aliphatic carbocycles. The molecule has 2 N–H and O–H groups in total. The summed E-state index contributed by atoms with van der Waals surface area (Å²) in [5, 5.41) is 6.74. The van der Waals surface area contributed by atoms with Crippen molar-refractivity contribution >= 4 is 61.5 Å². The van der Waals surface area contributed by atoms with Crippen molar-refractivity contribution in [2.24, 2.45) is 0 Å². The number of nitrogens with zero attached hydrogens (tertiary/aromatic N) is 1. The highest BCUT2D eigenvalue weighted by molar-refractivity contribution is 7.80. The SMILES string of the molecule is COc1cc(OC)c2nc(NC(=S)NC(=O)c3ccc(C)c(Cl)c3)sc2c1. The summed E-state index contributed by atoms with van der Waals surface area (Å²) in [6.07, 6.45) is 0. The maximum absolute atomic E-state index is 12.3. The Morgan fingerprint density at radius 3 is 2.67 bits per heavy atom. The zero-order valence-corrected chi connectivity index (χ0v) is 17.1. The maximum atomic E-state index is 12.3. The van der Waals surface area contributed by atoms with E-state index in [1.807, 2.05) is 13.0 Å². The minimum atomic E-state index is -0.352. The monoisotopic (exact) mass is 421 g/mol. The number of aromatic nitrogens is 1. The fourth-order valence-corrected chi connectivity index (χ4v) is 3.69. The van der Waals surface area contributed by atoms with Crippen LogP contribution in [0.25, 0.3) is 10.2 Å². The largest absolute Gasteiger partial charge is 0.497 e. The number of halogens is 1. The van der Waals surface area contributed by atoms with Crippen LogP contribution in [0.5, 0.6) is 11.5 Å². The van der Waals surface area contributed by atoms with Gasteiger partial charge in [-0.1, -0.05) is 29.0 Å². The van der Waals surface area contributed by atoms with Gasteiger partial charge in [-0.25, -0.2) is 4.98 Å². The number of methoxy groups -OCH3 is 2. The van der Waals surface area contributed by atoms with Crippen LogP contribution in [0.1, 0.15) is 15.9 Å². The molecule has 27 heavy (non-hydrogen) atoms. The first-order valence-electron chi connectivity index (χ1n) is 7.82. The summed E-state index contributed by atoms with van der Waals surface area (Å²) in [5.41, 5.74) is 2.00. The molecule has 1 amide bonds. The normalized spacial score (nSPS) is 10.5. The van der Waals surface area contributed by atoms with Crippen molar-refractivity contribution in [3.05, 3.63) is 46.5 Å². The molecule has 0 saturated carbocycles. The van der Waals surface area contributed by atoms with Crippen molar-refractivity contribution in [3.8, 4) is 11.5 Å². The highest BCUT2D eigenvalue weighted by atomic mass is 35.5. The van der Waals surface area contributed by atoms with Gasteiger partial charge in [0.15, 0.2) is 10.2 Å². The zero-order chi connectivity index (χ0) is 19.6. The summed E-state index contributed by atoms with van der Waals surface area (Å²) in [6, 6.07) is 8.68. The first kappa shape index (κ1) is 19.3. The average molecular weight is 422 g/mol. The van der Waals surface area contributed by atoms with Gasteiger partial charge >= 0.3 is 0 Å². The van der Waals surface area contributed by atoms with Crippen molar-refractivity contribution < 1.29 is 14.3 Å². The Hall–Kier alpha value is -2.42. The Bertz CT molecular complexity index is 1040. The molecule has 0 bridgehead atoms. The Morgan fingerprint density at radius 2 is 2.00 bits per heavy atom. The van der Waals surface area contributed by atoms with Crippen molar-refractivity contribution in [1.82, 2.24) is 10.3 Å². The third-order valence-corrected chi connectivity index (χ3v) is 5.30. The van der Waals surface area contributed by atoms with Crippen molar-refractivity contribution in [2.75, 3.05) is 19.5 Å². The van der Waals surface area contributed by atoms with E-state index in [4.69, 9.17) is 33.3 Å². The first-order valence-corrected chi connectivity index (χ1v) is 9.42. The molecule has 6 nitrogen and oxygen atoms in total. The van der Waals surface area contributed by atoms with E-state index in [-0.39, 0.29) is 11.0 Å².